The van der Waals surface area contributed by atoms with Gasteiger partial charge in [0.2, 0.25) is 10.0 Å². The summed E-state index contributed by atoms with van der Waals surface area (Å²) in [6, 6.07) is 0. The maximum atomic E-state index is 12.4. The maximum absolute atomic E-state index is 12.4. The molecule has 100 valence electrons. The first-order chi connectivity index (χ1) is 8.14. The van der Waals surface area contributed by atoms with E-state index >= 15 is 0 Å². The van der Waals surface area contributed by atoms with Gasteiger partial charge in [-0.3, -0.25) is 0 Å². The number of rotatable bonds is 3. The molecular formula is C11H22N2O3S. The second-order valence-corrected chi connectivity index (χ2v) is 7.04. The van der Waals surface area contributed by atoms with Crippen LogP contribution in [0.1, 0.15) is 25.7 Å². The summed E-state index contributed by atoms with van der Waals surface area (Å²) in [6.07, 6.45) is 3.36. The maximum Gasteiger partial charge on any atom is 0.217 e. The number of hydrogen-bond acceptors (Lipinski definition) is 4. The van der Waals surface area contributed by atoms with Crippen molar-refractivity contribution < 1.29 is 13.2 Å². The topological polar surface area (TPSA) is 58.6 Å². The molecule has 0 aromatic carbocycles. The summed E-state index contributed by atoms with van der Waals surface area (Å²) in [4.78, 5) is 0. The average molecular weight is 262 g/mol. The van der Waals surface area contributed by atoms with Gasteiger partial charge in [-0.1, -0.05) is 0 Å². The van der Waals surface area contributed by atoms with E-state index in [4.69, 9.17) is 4.74 Å². The Morgan fingerprint density at radius 3 is 2.24 bits per heavy atom. The van der Waals surface area contributed by atoms with E-state index in [1.165, 1.54) is 0 Å². The molecule has 2 heterocycles. The molecule has 0 saturated carbocycles. The molecule has 2 saturated heterocycles. The van der Waals surface area contributed by atoms with Gasteiger partial charge in [0.15, 0.2) is 0 Å². The molecule has 0 radical (unpaired) electrons. The lowest BCUT2D eigenvalue weighted by Crippen LogP contribution is -2.47. The molecule has 0 aromatic rings. The van der Waals surface area contributed by atoms with Gasteiger partial charge in [0, 0.05) is 20.2 Å². The van der Waals surface area contributed by atoms with Crippen LogP contribution in [-0.2, 0) is 14.8 Å². The van der Waals surface area contributed by atoms with Crippen molar-refractivity contribution in [1.29, 1.82) is 0 Å². The molecule has 17 heavy (non-hydrogen) atoms. The predicted octanol–water partition coefficient (Wildman–Crippen LogP) is 0.179. The third kappa shape index (κ3) is 2.99. The number of hydrogen-bond donors (Lipinski definition) is 1. The summed E-state index contributed by atoms with van der Waals surface area (Å²) in [5.41, 5.74) is 0. The van der Waals surface area contributed by atoms with Crippen LogP contribution in [0.5, 0.6) is 0 Å². The summed E-state index contributed by atoms with van der Waals surface area (Å²) >= 11 is 0. The molecule has 0 bridgehead atoms. The van der Waals surface area contributed by atoms with Crippen molar-refractivity contribution in [3.63, 3.8) is 0 Å². The second kappa shape index (κ2) is 5.65. The highest BCUT2D eigenvalue weighted by Crippen LogP contribution is 2.22. The van der Waals surface area contributed by atoms with Gasteiger partial charge < -0.3 is 10.1 Å². The fourth-order valence-corrected chi connectivity index (χ4v) is 4.60. The van der Waals surface area contributed by atoms with Gasteiger partial charge in [0.05, 0.1) is 11.4 Å². The fourth-order valence-electron chi connectivity index (χ4n) is 2.63. The Balaban J connectivity index is 1.96. The summed E-state index contributed by atoms with van der Waals surface area (Å²) in [6.45, 7) is 2.87. The zero-order chi connectivity index (χ0) is 12.3. The molecule has 0 aromatic heterocycles. The van der Waals surface area contributed by atoms with E-state index in [-0.39, 0.29) is 11.4 Å². The first kappa shape index (κ1) is 13.3. The molecule has 1 N–H and O–H groups in total. The zero-order valence-corrected chi connectivity index (χ0v) is 11.2. The molecule has 2 fully saturated rings. The van der Waals surface area contributed by atoms with Crippen molar-refractivity contribution in [2.24, 2.45) is 0 Å². The van der Waals surface area contributed by atoms with Crippen molar-refractivity contribution in [2.45, 2.75) is 37.0 Å². The normalized spacial score (nSPS) is 26.2. The molecule has 6 heteroatoms. The average Bonchev–Trinajstić information content (AvgIpc) is 2.40. The van der Waals surface area contributed by atoms with Crippen LogP contribution in [0.2, 0.25) is 0 Å². The van der Waals surface area contributed by atoms with Crippen LogP contribution in [-0.4, -0.2) is 57.4 Å². The van der Waals surface area contributed by atoms with Gasteiger partial charge in [0.1, 0.15) is 0 Å². The third-order valence-corrected chi connectivity index (χ3v) is 6.20. The Morgan fingerprint density at radius 1 is 1.12 bits per heavy atom. The molecule has 0 aliphatic carbocycles. The van der Waals surface area contributed by atoms with Crippen LogP contribution in [0.4, 0.5) is 0 Å². The van der Waals surface area contributed by atoms with Gasteiger partial charge in [-0.15, -0.1) is 0 Å². The SMILES string of the molecule is COC1CCN(S(=O)(=O)C2CCNCC2)CC1. The Kier molecular flexibility index (Phi) is 4.41. The highest BCUT2D eigenvalue weighted by molar-refractivity contribution is 7.89. The third-order valence-electron chi connectivity index (χ3n) is 3.80. The number of ether oxygens (including phenoxy) is 1. The van der Waals surface area contributed by atoms with E-state index in [0.717, 1.165) is 38.8 Å². The molecule has 0 atom stereocenters. The molecule has 0 spiro atoms. The minimum absolute atomic E-state index is 0.178. The summed E-state index contributed by atoms with van der Waals surface area (Å²) in [5, 5.41) is 3.03. The van der Waals surface area contributed by atoms with Crippen LogP contribution >= 0.6 is 0 Å². The van der Waals surface area contributed by atoms with E-state index in [0.29, 0.717) is 13.1 Å². The Morgan fingerprint density at radius 2 is 1.71 bits per heavy atom. The van der Waals surface area contributed by atoms with E-state index in [1.54, 1.807) is 11.4 Å². The molecular weight excluding hydrogens is 240 g/mol. The molecule has 2 rings (SSSR count). The summed E-state index contributed by atoms with van der Waals surface area (Å²) < 4.78 is 31.7. The smallest absolute Gasteiger partial charge is 0.217 e. The Bertz CT molecular complexity index is 331. The highest BCUT2D eigenvalue weighted by atomic mass is 32.2. The lowest BCUT2D eigenvalue weighted by atomic mass is 10.1. The zero-order valence-electron chi connectivity index (χ0n) is 10.4. The van der Waals surface area contributed by atoms with E-state index < -0.39 is 10.0 Å². The Labute approximate surface area is 104 Å². The molecule has 5 nitrogen and oxygen atoms in total. The van der Waals surface area contributed by atoms with E-state index in [9.17, 15) is 8.42 Å². The van der Waals surface area contributed by atoms with Crippen molar-refractivity contribution in [1.82, 2.24) is 9.62 Å². The number of sulfonamides is 1. The molecule has 2 aliphatic heterocycles. The fraction of sp³-hybridized carbons (Fsp3) is 1.00. The van der Waals surface area contributed by atoms with Gasteiger partial charge in [-0.05, 0) is 38.8 Å². The lowest BCUT2D eigenvalue weighted by molar-refractivity contribution is 0.0601. The van der Waals surface area contributed by atoms with Crippen molar-refractivity contribution in [2.75, 3.05) is 33.3 Å². The van der Waals surface area contributed by atoms with Crippen LogP contribution in [0.15, 0.2) is 0 Å². The standard InChI is InChI=1S/C11H22N2O3S/c1-16-10-4-8-13(9-5-10)17(14,15)11-2-6-12-7-3-11/h10-12H,2-9H2,1H3. The van der Waals surface area contributed by atoms with Gasteiger partial charge in [-0.2, -0.15) is 0 Å². The summed E-state index contributed by atoms with van der Waals surface area (Å²) in [7, 11) is -1.38. The molecule has 0 amide bonds. The number of piperidine rings is 2. The monoisotopic (exact) mass is 262 g/mol. The van der Waals surface area contributed by atoms with Crippen molar-refractivity contribution in [3.8, 4) is 0 Å². The van der Waals surface area contributed by atoms with Gasteiger partial charge >= 0.3 is 0 Å². The largest absolute Gasteiger partial charge is 0.381 e. The Hall–Kier alpha value is -0.170. The van der Waals surface area contributed by atoms with Crippen LogP contribution < -0.4 is 5.32 Å². The van der Waals surface area contributed by atoms with Crippen LogP contribution in [0.3, 0.4) is 0 Å². The molecule has 2 aliphatic rings. The van der Waals surface area contributed by atoms with Gasteiger partial charge in [-0.25, -0.2) is 12.7 Å². The summed E-state index contributed by atoms with van der Waals surface area (Å²) in [5.74, 6) is 0. The van der Waals surface area contributed by atoms with Crippen molar-refractivity contribution in [3.05, 3.63) is 0 Å². The minimum atomic E-state index is -3.08. The van der Waals surface area contributed by atoms with E-state index in [2.05, 4.69) is 5.32 Å². The molecule has 0 unspecified atom stereocenters. The second-order valence-electron chi connectivity index (χ2n) is 4.83. The number of methoxy groups -OCH3 is 1. The number of nitrogens with zero attached hydrogens (tertiary/aromatic N) is 1. The minimum Gasteiger partial charge on any atom is -0.381 e. The van der Waals surface area contributed by atoms with Crippen LogP contribution in [0.25, 0.3) is 0 Å². The van der Waals surface area contributed by atoms with Gasteiger partial charge in [0.25, 0.3) is 0 Å². The van der Waals surface area contributed by atoms with Crippen molar-refractivity contribution >= 4 is 10.0 Å². The first-order valence-electron chi connectivity index (χ1n) is 6.37. The number of nitrogens with one attached hydrogen (secondary N) is 1. The quantitative estimate of drug-likeness (QED) is 0.788. The highest BCUT2D eigenvalue weighted by Gasteiger charge is 2.35. The first-order valence-corrected chi connectivity index (χ1v) is 7.87. The predicted molar refractivity (Wildman–Crippen MR) is 66.4 cm³/mol. The lowest BCUT2D eigenvalue weighted by Gasteiger charge is -2.34. The van der Waals surface area contributed by atoms with E-state index in [1.807, 2.05) is 0 Å². The van der Waals surface area contributed by atoms with Crippen LogP contribution in [0, 0.1) is 0 Å².